The lowest BCUT2D eigenvalue weighted by atomic mass is 10.0. The first-order chi connectivity index (χ1) is 11.5. The van der Waals surface area contributed by atoms with E-state index < -0.39 is 0 Å². The number of aromatic nitrogens is 4. The first-order valence-corrected chi connectivity index (χ1v) is 8.58. The molecule has 0 aliphatic carbocycles. The minimum Gasteiger partial charge on any atom is -0.342 e. The molecule has 0 unspecified atom stereocenters. The second-order valence-electron chi connectivity index (χ2n) is 7.06. The zero-order valence-corrected chi connectivity index (χ0v) is 14.9. The number of likely N-dealkylation sites (tertiary alicyclic amines) is 1. The van der Waals surface area contributed by atoms with Crippen LogP contribution in [0.4, 0.5) is 0 Å². The van der Waals surface area contributed by atoms with E-state index in [1.54, 1.807) is 12.4 Å². The maximum atomic E-state index is 12.2. The Kier molecular flexibility index (Phi) is 4.80. The predicted octanol–water partition coefficient (Wildman–Crippen LogP) is 1.36. The summed E-state index contributed by atoms with van der Waals surface area (Å²) in [5, 5.41) is 4.81. The van der Waals surface area contributed by atoms with E-state index in [2.05, 4.69) is 14.9 Å². The Morgan fingerprint density at radius 1 is 1.33 bits per heavy atom. The number of nitrogens with zero attached hydrogens (tertiary/aromatic N) is 6. The quantitative estimate of drug-likeness (QED) is 0.828. The maximum Gasteiger partial charge on any atom is 0.225 e. The molecule has 7 nitrogen and oxygen atoms in total. The minimum absolute atomic E-state index is 0.0398. The van der Waals surface area contributed by atoms with Crippen LogP contribution < -0.4 is 0 Å². The first kappa shape index (κ1) is 16.8. The standard InChI is InChI=1S/C17H26N6O/c1-12(2)17(24)22-8-5-13(11-22)14-15-16(19-7-6-18-15)23(20-14)10-9-21(3)4/h6-7,12-13H,5,8-11H2,1-4H3/t13-/m1/s1. The summed E-state index contributed by atoms with van der Waals surface area (Å²) < 4.78 is 1.95. The first-order valence-electron chi connectivity index (χ1n) is 8.58. The third-order valence-corrected chi connectivity index (χ3v) is 4.53. The molecule has 0 radical (unpaired) electrons. The number of likely N-dealkylation sites (N-methyl/N-ethyl adjacent to an activating group) is 1. The van der Waals surface area contributed by atoms with Gasteiger partial charge in [-0.25, -0.2) is 14.6 Å². The summed E-state index contributed by atoms with van der Waals surface area (Å²) in [4.78, 5) is 25.3. The number of rotatable bonds is 5. The van der Waals surface area contributed by atoms with Crippen molar-refractivity contribution in [3.8, 4) is 0 Å². The highest BCUT2D eigenvalue weighted by Gasteiger charge is 2.32. The molecule has 1 amide bonds. The fourth-order valence-corrected chi connectivity index (χ4v) is 3.20. The number of hydrogen-bond acceptors (Lipinski definition) is 5. The molecule has 0 N–H and O–H groups in total. The van der Waals surface area contributed by atoms with E-state index in [1.807, 2.05) is 37.5 Å². The molecule has 1 aliphatic heterocycles. The summed E-state index contributed by atoms with van der Waals surface area (Å²) in [5.74, 6) is 0.505. The van der Waals surface area contributed by atoms with Crippen molar-refractivity contribution in [3.05, 3.63) is 18.1 Å². The molecule has 0 bridgehead atoms. The Labute approximate surface area is 142 Å². The van der Waals surface area contributed by atoms with E-state index in [0.717, 1.165) is 49.5 Å². The van der Waals surface area contributed by atoms with Gasteiger partial charge in [0.05, 0.1) is 12.2 Å². The van der Waals surface area contributed by atoms with Crippen LogP contribution in [0.2, 0.25) is 0 Å². The number of fused-ring (bicyclic) bond motifs is 1. The van der Waals surface area contributed by atoms with Crippen molar-refractivity contribution in [2.45, 2.75) is 32.7 Å². The van der Waals surface area contributed by atoms with Gasteiger partial charge in [-0.05, 0) is 20.5 Å². The molecular weight excluding hydrogens is 304 g/mol. The number of carbonyl (C=O) groups excluding carboxylic acids is 1. The van der Waals surface area contributed by atoms with Crippen molar-refractivity contribution in [3.63, 3.8) is 0 Å². The highest BCUT2D eigenvalue weighted by atomic mass is 16.2. The highest BCUT2D eigenvalue weighted by molar-refractivity contribution is 5.79. The molecule has 0 spiro atoms. The van der Waals surface area contributed by atoms with Crippen LogP contribution in [-0.4, -0.2) is 69.2 Å². The average Bonchev–Trinajstić information content (AvgIpc) is 3.17. The molecule has 24 heavy (non-hydrogen) atoms. The summed E-state index contributed by atoms with van der Waals surface area (Å²) in [5.41, 5.74) is 2.69. The zero-order chi connectivity index (χ0) is 17.3. The van der Waals surface area contributed by atoms with Crippen LogP contribution in [-0.2, 0) is 11.3 Å². The minimum atomic E-state index is 0.0398. The van der Waals surface area contributed by atoms with Gasteiger partial charge in [0, 0.05) is 43.9 Å². The Morgan fingerprint density at radius 3 is 2.79 bits per heavy atom. The van der Waals surface area contributed by atoms with E-state index in [0.29, 0.717) is 0 Å². The molecule has 7 heteroatoms. The number of carbonyl (C=O) groups is 1. The van der Waals surface area contributed by atoms with Gasteiger partial charge in [-0.15, -0.1) is 0 Å². The molecule has 1 fully saturated rings. The monoisotopic (exact) mass is 330 g/mol. The van der Waals surface area contributed by atoms with Crippen molar-refractivity contribution >= 4 is 17.1 Å². The average molecular weight is 330 g/mol. The highest BCUT2D eigenvalue weighted by Crippen LogP contribution is 2.30. The van der Waals surface area contributed by atoms with Crippen LogP contribution >= 0.6 is 0 Å². The molecule has 3 heterocycles. The third kappa shape index (κ3) is 3.26. The molecule has 1 atom stereocenters. The van der Waals surface area contributed by atoms with Gasteiger partial charge in [0.1, 0.15) is 5.52 Å². The van der Waals surface area contributed by atoms with E-state index in [9.17, 15) is 4.79 Å². The van der Waals surface area contributed by atoms with Crippen molar-refractivity contribution in [1.82, 2.24) is 29.5 Å². The van der Waals surface area contributed by atoms with Gasteiger partial charge >= 0.3 is 0 Å². The van der Waals surface area contributed by atoms with Crippen LogP contribution in [0, 0.1) is 5.92 Å². The Morgan fingerprint density at radius 2 is 2.08 bits per heavy atom. The van der Waals surface area contributed by atoms with Crippen LogP contribution in [0.5, 0.6) is 0 Å². The summed E-state index contributed by atoms with van der Waals surface area (Å²) in [6.07, 6.45) is 4.37. The van der Waals surface area contributed by atoms with E-state index in [1.165, 1.54) is 0 Å². The summed E-state index contributed by atoms with van der Waals surface area (Å²) in [6.45, 7) is 7.11. The lowest BCUT2D eigenvalue weighted by Gasteiger charge is -2.18. The Balaban J connectivity index is 1.86. The second kappa shape index (κ2) is 6.84. The second-order valence-corrected chi connectivity index (χ2v) is 7.06. The van der Waals surface area contributed by atoms with E-state index >= 15 is 0 Å². The van der Waals surface area contributed by atoms with Crippen LogP contribution in [0.25, 0.3) is 11.2 Å². The number of amides is 1. The van der Waals surface area contributed by atoms with Gasteiger partial charge in [-0.1, -0.05) is 13.8 Å². The fraction of sp³-hybridized carbons (Fsp3) is 0.647. The third-order valence-electron chi connectivity index (χ3n) is 4.53. The normalized spacial score (nSPS) is 18.2. The van der Waals surface area contributed by atoms with Crippen molar-refractivity contribution in [2.24, 2.45) is 5.92 Å². The van der Waals surface area contributed by atoms with Crippen LogP contribution in [0.3, 0.4) is 0 Å². The predicted molar refractivity (Wildman–Crippen MR) is 92.7 cm³/mol. The summed E-state index contributed by atoms with van der Waals surface area (Å²) in [7, 11) is 4.09. The van der Waals surface area contributed by atoms with Crippen molar-refractivity contribution in [2.75, 3.05) is 33.7 Å². The summed E-state index contributed by atoms with van der Waals surface area (Å²) >= 11 is 0. The molecule has 0 saturated carbocycles. The van der Waals surface area contributed by atoms with Crippen molar-refractivity contribution in [1.29, 1.82) is 0 Å². The largest absolute Gasteiger partial charge is 0.342 e. The van der Waals surface area contributed by atoms with Gasteiger partial charge in [-0.2, -0.15) is 5.10 Å². The zero-order valence-electron chi connectivity index (χ0n) is 14.9. The lowest BCUT2D eigenvalue weighted by Crippen LogP contribution is -2.32. The summed E-state index contributed by atoms with van der Waals surface area (Å²) in [6, 6.07) is 0. The molecular formula is C17H26N6O. The van der Waals surface area contributed by atoms with Gasteiger partial charge in [0.2, 0.25) is 5.91 Å². The van der Waals surface area contributed by atoms with Gasteiger partial charge in [0.15, 0.2) is 5.65 Å². The smallest absolute Gasteiger partial charge is 0.225 e. The lowest BCUT2D eigenvalue weighted by molar-refractivity contribution is -0.133. The SMILES string of the molecule is CC(C)C(=O)N1CC[C@@H](c2nn(CCN(C)C)c3nccnc23)C1. The molecule has 3 rings (SSSR count). The van der Waals surface area contributed by atoms with Crippen LogP contribution in [0.1, 0.15) is 31.9 Å². The molecule has 1 saturated heterocycles. The molecule has 1 aliphatic rings. The molecule has 0 aromatic carbocycles. The number of hydrogen-bond donors (Lipinski definition) is 0. The Bertz CT molecular complexity index is 723. The topological polar surface area (TPSA) is 67.2 Å². The van der Waals surface area contributed by atoms with Gasteiger partial charge < -0.3 is 9.80 Å². The van der Waals surface area contributed by atoms with E-state index in [-0.39, 0.29) is 17.7 Å². The fourth-order valence-electron chi connectivity index (χ4n) is 3.20. The van der Waals surface area contributed by atoms with Gasteiger partial charge in [-0.3, -0.25) is 4.79 Å². The van der Waals surface area contributed by atoms with Crippen LogP contribution in [0.15, 0.2) is 12.4 Å². The molecule has 2 aromatic rings. The molecule has 130 valence electrons. The van der Waals surface area contributed by atoms with E-state index in [4.69, 9.17) is 5.10 Å². The molecule has 2 aromatic heterocycles. The maximum absolute atomic E-state index is 12.2. The Hall–Kier alpha value is -2.02. The van der Waals surface area contributed by atoms with Crippen molar-refractivity contribution < 1.29 is 4.79 Å². The van der Waals surface area contributed by atoms with Gasteiger partial charge in [0.25, 0.3) is 0 Å².